The van der Waals surface area contributed by atoms with Gasteiger partial charge in [0.1, 0.15) is 0 Å². The van der Waals surface area contributed by atoms with Crippen LogP contribution in [0.5, 0.6) is 0 Å². The van der Waals surface area contributed by atoms with Crippen LogP contribution < -0.4 is 4.72 Å². The second-order valence-electron chi connectivity index (χ2n) is 4.29. The zero-order valence-electron chi connectivity index (χ0n) is 10.2. The van der Waals surface area contributed by atoms with Gasteiger partial charge in [0.15, 0.2) is 0 Å². The Labute approximate surface area is 97.9 Å². The molecule has 1 rings (SSSR count). The Morgan fingerprint density at radius 2 is 1.69 bits per heavy atom. The molecule has 0 unspecified atom stereocenters. The molecule has 1 N–H and O–H groups in total. The van der Waals surface area contributed by atoms with Gasteiger partial charge in [-0.25, -0.2) is 13.1 Å². The fourth-order valence-electron chi connectivity index (χ4n) is 1.52. The lowest BCUT2D eigenvalue weighted by atomic mass is 10.0. The van der Waals surface area contributed by atoms with Crippen LogP contribution >= 0.6 is 0 Å². The topological polar surface area (TPSA) is 46.2 Å². The van der Waals surface area contributed by atoms with Crippen molar-refractivity contribution in [3.05, 3.63) is 35.4 Å². The van der Waals surface area contributed by atoms with Gasteiger partial charge in [0.25, 0.3) is 0 Å². The second kappa shape index (κ2) is 4.97. The minimum absolute atomic E-state index is 0.186. The van der Waals surface area contributed by atoms with E-state index in [2.05, 4.69) is 4.72 Å². The van der Waals surface area contributed by atoms with Gasteiger partial charge in [-0.15, -0.1) is 0 Å². The van der Waals surface area contributed by atoms with Crippen molar-refractivity contribution in [2.45, 2.75) is 39.0 Å². The number of hydrogen-bond acceptors (Lipinski definition) is 2. The summed E-state index contributed by atoms with van der Waals surface area (Å²) in [6.07, 6.45) is 0. The van der Waals surface area contributed by atoms with E-state index in [9.17, 15) is 8.42 Å². The summed E-state index contributed by atoms with van der Waals surface area (Å²) in [6.45, 7) is 7.19. The molecular formula is C12H19NO2S. The lowest BCUT2D eigenvalue weighted by Crippen LogP contribution is -2.33. The Bertz CT molecular complexity index is 452. The van der Waals surface area contributed by atoms with E-state index in [1.165, 1.54) is 0 Å². The van der Waals surface area contributed by atoms with Gasteiger partial charge in [-0.3, -0.25) is 0 Å². The molecule has 0 aliphatic heterocycles. The van der Waals surface area contributed by atoms with Crippen molar-refractivity contribution < 1.29 is 8.42 Å². The van der Waals surface area contributed by atoms with Crippen molar-refractivity contribution in [3.8, 4) is 0 Å². The molecule has 1 aromatic carbocycles. The minimum Gasteiger partial charge on any atom is -0.212 e. The highest BCUT2D eigenvalue weighted by atomic mass is 32.2. The zero-order valence-corrected chi connectivity index (χ0v) is 11.0. The largest absolute Gasteiger partial charge is 0.214 e. The monoisotopic (exact) mass is 241 g/mol. The Morgan fingerprint density at radius 3 is 2.19 bits per heavy atom. The van der Waals surface area contributed by atoms with Gasteiger partial charge in [0, 0.05) is 6.04 Å². The molecule has 0 aliphatic rings. The molecule has 0 spiro atoms. The molecule has 0 saturated heterocycles. The summed E-state index contributed by atoms with van der Waals surface area (Å²) in [5.74, 6) is 0. The number of aryl methyl sites for hydroxylation is 1. The van der Waals surface area contributed by atoms with Gasteiger partial charge in [-0.05, 0) is 38.8 Å². The molecule has 16 heavy (non-hydrogen) atoms. The molecule has 0 amide bonds. The normalized spacial score (nSPS) is 14.1. The first-order valence-electron chi connectivity index (χ1n) is 5.41. The van der Waals surface area contributed by atoms with Gasteiger partial charge in [-0.2, -0.15) is 0 Å². The maximum absolute atomic E-state index is 11.7. The fraction of sp³-hybridized carbons (Fsp3) is 0.500. The molecule has 0 bridgehead atoms. The maximum Gasteiger partial charge on any atom is 0.214 e. The van der Waals surface area contributed by atoms with Crippen molar-refractivity contribution in [2.24, 2.45) is 0 Å². The van der Waals surface area contributed by atoms with E-state index in [0.29, 0.717) is 0 Å². The van der Waals surface area contributed by atoms with Crippen molar-refractivity contribution in [1.29, 1.82) is 0 Å². The Hall–Kier alpha value is -0.870. The first kappa shape index (κ1) is 13.2. The highest BCUT2D eigenvalue weighted by molar-refractivity contribution is 7.90. The van der Waals surface area contributed by atoms with E-state index in [1.807, 2.05) is 38.1 Å². The van der Waals surface area contributed by atoms with Crippen LogP contribution in [0.25, 0.3) is 0 Å². The molecule has 1 aromatic rings. The fourth-order valence-corrected chi connectivity index (χ4v) is 2.41. The second-order valence-corrected chi connectivity index (χ2v) is 6.56. The maximum atomic E-state index is 11.7. The Morgan fingerprint density at radius 1 is 1.12 bits per heavy atom. The summed E-state index contributed by atoms with van der Waals surface area (Å²) in [4.78, 5) is 0. The summed E-state index contributed by atoms with van der Waals surface area (Å²) in [5.41, 5.74) is 2.12. The van der Waals surface area contributed by atoms with Crippen molar-refractivity contribution in [2.75, 3.05) is 0 Å². The van der Waals surface area contributed by atoms with E-state index in [4.69, 9.17) is 0 Å². The third-order valence-corrected chi connectivity index (χ3v) is 4.54. The average molecular weight is 241 g/mol. The molecule has 0 radical (unpaired) electrons. The molecule has 0 aromatic heterocycles. The number of rotatable bonds is 4. The Kier molecular flexibility index (Phi) is 4.10. The zero-order chi connectivity index (χ0) is 12.3. The molecule has 3 nitrogen and oxygen atoms in total. The van der Waals surface area contributed by atoms with Crippen LogP contribution in [0.4, 0.5) is 0 Å². The van der Waals surface area contributed by atoms with Crippen LogP contribution in [0.1, 0.15) is 37.9 Å². The van der Waals surface area contributed by atoms with E-state index < -0.39 is 15.3 Å². The highest BCUT2D eigenvalue weighted by Gasteiger charge is 2.19. The first-order valence-corrected chi connectivity index (χ1v) is 6.96. The van der Waals surface area contributed by atoms with Crippen LogP contribution in [0.15, 0.2) is 24.3 Å². The van der Waals surface area contributed by atoms with E-state index in [0.717, 1.165) is 11.1 Å². The SMILES string of the molecule is Cc1ccccc1[C@H](C)NS(=O)(=O)C(C)C. The van der Waals surface area contributed by atoms with Gasteiger partial charge in [0.05, 0.1) is 5.25 Å². The summed E-state index contributed by atoms with van der Waals surface area (Å²) in [6, 6.07) is 7.61. The summed E-state index contributed by atoms with van der Waals surface area (Å²) >= 11 is 0. The van der Waals surface area contributed by atoms with E-state index >= 15 is 0 Å². The first-order chi connectivity index (χ1) is 7.34. The van der Waals surface area contributed by atoms with Crippen LogP contribution in [0.3, 0.4) is 0 Å². The lowest BCUT2D eigenvalue weighted by Gasteiger charge is -2.18. The summed E-state index contributed by atoms with van der Waals surface area (Å²) in [5, 5.41) is -0.404. The predicted molar refractivity (Wildman–Crippen MR) is 66.8 cm³/mol. The number of nitrogens with one attached hydrogen (secondary N) is 1. The molecular weight excluding hydrogens is 222 g/mol. The Balaban J connectivity index is 2.89. The van der Waals surface area contributed by atoms with Crippen LogP contribution in [-0.2, 0) is 10.0 Å². The van der Waals surface area contributed by atoms with Gasteiger partial charge in [-0.1, -0.05) is 24.3 Å². The quantitative estimate of drug-likeness (QED) is 0.879. The van der Waals surface area contributed by atoms with Gasteiger partial charge < -0.3 is 0 Å². The van der Waals surface area contributed by atoms with E-state index in [1.54, 1.807) is 13.8 Å². The highest BCUT2D eigenvalue weighted by Crippen LogP contribution is 2.18. The predicted octanol–water partition coefficient (Wildman–Crippen LogP) is 2.38. The standard InChI is InChI=1S/C12H19NO2S/c1-9(2)16(14,15)13-11(4)12-8-6-5-7-10(12)3/h5-9,11,13H,1-4H3/t11-/m0/s1. The molecule has 0 saturated carbocycles. The summed E-state index contributed by atoms with van der Waals surface area (Å²) < 4.78 is 26.1. The van der Waals surface area contributed by atoms with Crippen molar-refractivity contribution >= 4 is 10.0 Å². The molecule has 90 valence electrons. The number of hydrogen-bond donors (Lipinski definition) is 1. The molecule has 0 aliphatic carbocycles. The van der Waals surface area contributed by atoms with Gasteiger partial charge >= 0.3 is 0 Å². The molecule has 4 heteroatoms. The van der Waals surface area contributed by atoms with Crippen molar-refractivity contribution in [3.63, 3.8) is 0 Å². The molecule has 1 atom stereocenters. The number of sulfonamides is 1. The minimum atomic E-state index is -3.21. The van der Waals surface area contributed by atoms with Crippen LogP contribution in [-0.4, -0.2) is 13.7 Å². The average Bonchev–Trinajstić information content (AvgIpc) is 2.17. The number of benzene rings is 1. The third-order valence-electron chi connectivity index (χ3n) is 2.62. The third kappa shape index (κ3) is 3.06. The summed E-state index contributed by atoms with van der Waals surface area (Å²) in [7, 11) is -3.21. The lowest BCUT2D eigenvalue weighted by molar-refractivity contribution is 0.557. The van der Waals surface area contributed by atoms with Gasteiger partial charge in [0.2, 0.25) is 10.0 Å². The van der Waals surface area contributed by atoms with E-state index in [-0.39, 0.29) is 6.04 Å². The molecule has 0 heterocycles. The van der Waals surface area contributed by atoms with Crippen LogP contribution in [0, 0.1) is 6.92 Å². The van der Waals surface area contributed by atoms with Crippen molar-refractivity contribution in [1.82, 2.24) is 4.72 Å². The smallest absolute Gasteiger partial charge is 0.212 e. The van der Waals surface area contributed by atoms with Crippen LogP contribution in [0.2, 0.25) is 0 Å². The molecule has 0 fully saturated rings.